The number of hydrogen-bond acceptors (Lipinski definition) is 6. The van der Waals surface area contributed by atoms with Gasteiger partial charge in [0, 0.05) is 30.5 Å². The SMILES string of the molecule is O=S(=O)(c1cccc2cccnc12)N1CCC(F)(c2nc(C3CC3)no2)C1. The third kappa shape index (κ3) is 2.72. The number of hydrogen-bond donors (Lipinski definition) is 0. The van der Waals surface area contributed by atoms with Crippen LogP contribution in [-0.4, -0.2) is 40.9 Å². The van der Waals surface area contributed by atoms with Gasteiger partial charge in [-0.2, -0.15) is 9.29 Å². The molecule has 140 valence electrons. The number of rotatable bonds is 4. The molecule has 1 saturated carbocycles. The van der Waals surface area contributed by atoms with E-state index in [1.807, 2.05) is 0 Å². The fraction of sp³-hybridized carbons (Fsp3) is 0.389. The molecule has 5 rings (SSSR count). The van der Waals surface area contributed by atoms with Crippen LogP contribution in [0.3, 0.4) is 0 Å². The van der Waals surface area contributed by atoms with Gasteiger partial charge in [-0.05, 0) is 25.0 Å². The summed E-state index contributed by atoms with van der Waals surface area (Å²) in [4.78, 5) is 8.46. The summed E-state index contributed by atoms with van der Waals surface area (Å²) in [5.74, 6) is 0.633. The largest absolute Gasteiger partial charge is 0.336 e. The maximum atomic E-state index is 15.4. The molecule has 3 heterocycles. The Morgan fingerprint density at radius 3 is 2.85 bits per heavy atom. The molecule has 1 saturated heterocycles. The molecule has 0 radical (unpaired) electrons. The summed E-state index contributed by atoms with van der Waals surface area (Å²) in [7, 11) is -3.90. The third-order valence-corrected chi connectivity index (χ3v) is 7.04. The molecule has 0 N–H and O–H groups in total. The highest BCUT2D eigenvalue weighted by molar-refractivity contribution is 7.89. The number of fused-ring (bicyclic) bond motifs is 1. The van der Waals surface area contributed by atoms with Gasteiger partial charge >= 0.3 is 0 Å². The number of alkyl halides is 1. The van der Waals surface area contributed by atoms with Crippen molar-refractivity contribution in [1.82, 2.24) is 19.4 Å². The average Bonchev–Trinajstić information content (AvgIpc) is 3.24. The first-order valence-electron chi connectivity index (χ1n) is 8.84. The van der Waals surface area contributed by atoms with Crippen molar-refractivity contribution in [2.45, 2.75) is 35.7 Å². The Labute approximate surface area is 155 Å². The fourth-order valence-electron chi connectivity index (χ4n) is 3.47. The van der Waals surface area contributed by atoms with E-state index in [0.29, 0.717) is 11.3 Å². The Hall–Kier alpha value is -2.39. The van der Waals surface area contributed by atoms with Gasteiger partial charge in [0.05, 0.1) is 12.1 Å². The number of para-hydroxylation sites is 1. The maximum Gasteiger partial charge on any atom is 0.265 e. The number of aromatic nitrogens is 3. The lowest BCUT2D eigenvalue weighted by Gasteiger charge is -2.18. The minimum atomic E-state index is -3.90. The minimum Gasteiger partial charge on any atom is -0.336 e. The second-order valence-electron chi connectivity index (χ2n) is 7.12. The molecule has 0 spiro atoms. The molecule has 0 bridgehead atoms. The van der Waals surface area contributed by atoms with Crippen LogP contribution in [0.2, 0.25) is 0 Å². The Morgan fingerprint density at radius 1 is 1.22 bits per heavy atom. The number of benzene rings is 1. The van der Waals surface area contributed by atoms with Crippen LogP contribution in [0.1, 0.15) is 36.9 Å². The van der Waals surface area contributed by atoms with E-state index in [-0.39, 0.29) is 36.2 Å². The smallest absolute Gasteiger partial charge is 0.265 e. The van der Waals surface area contributed by atoms with Crippen molar-refractivity contribution in [1.29, 1.82) is 0 Å². The zero-order valence-electron chi connectivity index (χ0n) is 14.4. The zero-order chi connectivity index (χ0) is 18.6. The van der Waals surface area contributed by atoms with Gasteiger partial charge in [-0.3, -0.25) is 4.98 Å². The summed E-state index contributed by atoms with van der Waals surface area (Å²) in [6.45, 7) is -0.298. The van der Waals surface area contributed by atoms with Gasteiger partial charge < -0.3 is 4.52 Å². The van der Waals surface area contributed by atoms with Gasteiger partial charge in [-0.1, -0.05) is 23.4 Å². The van der Waals surface area contributed by atoms with Crippen LogP contribution in [0.4, 0.5) is 4.39 Å². The van der Waals surface area contributed by atoms with Crippen LogP contribution in [0, 0.1) is 0 Å². The summed E-state index contributed by atoms with van der Waals surface area (Å²) in [6.07, 6.45) is 3.49. The van der Waals surface area contributed by atoms with Crippen LogP contribution in [-0.2, 0) is 15.7 Å². The van der Waals surface area contributed by atoms with Crippen LogP contribution in [0.15, 0.2) is 45.9 Å². The molecule has 0 amide bonds. The summed E-state index contributed by atoms with van der Waals surface area (Å²) < 4.78 is 48.0. The van der Waals surface area contributed by atoms with E-state index in [4.69, 9.17) is 4.52 Å². The van der Waals surface area contributed by atoms with Gasteiger partial charge in [0.15, 0.2) is 5.82 Å². The molecule has 2 aromatic heterocycles. The summed E-state index contributed by atoms with van der Waals surface area (Å²) >= 11 is 0. The molecule has 1 aliphatic carbocycles. The summed E-state index contributed by atoms with van der Waals surface area (Å²) in [6, 6.07) is 8.50. The molecule has 9 heteroatoms. The van der Waals surface area contributed by atoms with Gasteiger partial charge in [-0.15, -0.1) is 0 Å². The highest BCUT2D eigenvalue weighted by Crippen LogP contribution is 2.42. The molecule has 1 unspecified atom stereocenters. The van der Waals surface area contributed by atoms with Gasteiger partial charge in [0.1, 0.15) is 4.90 Å². The fourth-order valence-corrected chi connectivity index (χ4v) is 5.12. The van der Waals surface area contributed by atoms with Crippen LogP contribution in [0.5, 0.6) is 0 Å². The predicted octanol–water partition coefficient (Wildman–Crippen LogP) is 2.75. The topological polar surface area (TPSA) is 89.2 Å². The lowest BCUT2D eigenvalue weighted by molar-refractivity contribution is 0.127. The van der Waals surface area contributed by atoms with Gasteiger partial charge in [0.2, 0.25) is 15.7 Å². The van der Waals surface area contributed by atoms with Crippen molar-refractivity contribution in [2.24, 2.45) is 0 Å². The van der Waals surface area contributed by atoms with E-state index in [1.165, 1.54) is 6.07 Å². The van der Waals surface area contributed by atoms with Crippen LogP contribution in [0.25, 0.3) is 10.9 Å². The Balaban J connectivity index is 1.47. The van der Waals surface area contributed by atoms with Crippen LogP contribution < -0.4 is 0 Å². The first-order chi connectivity index (χ1) is 13.0. The molecule has 3 aromatic rings. The summed E-state index contributed by atoms with van der Waals surface area (Å²) in [5, 5.41) is 4.57. The Kier molecular flexibility index (Phi) is 3.60. The highest BCUT2D eigenvalue weighted by Gasteiger charge is 2.49. The van der Waals surface area contributed by atoms with Crippen molar-refractivity contribution in [3.8, 4) is 0 Å². The molecule has 1 aromatic carbocycles. The monoisotopic (exact) mass is 388 g/mol. The molecule has 2 aliphatic rings. The molecular weight excluding hydrogens is 371 g/mol. The van der Waals surface area contributed by atoms with Crippen molar-refractivity contribution >= 4 is 20.9 Å². The normalized spacial score (nSPS) is 23.9. The van der Waals surface area contributed by atoms with E-state index >= 15 is 4.39 Å². The number of halogens is 1. The van der Waals surface area contributed by atoms with Crippen LogP contribution >= 0.6 is 0 Å². The van der Waals surface area contributed by atoms with Gasteiger partial charge in [-0.25, -0.2) is 12.8 Å². The third-order valence-electron chi connectivity index (χ3n) is 5.17. The zero-order valence-corrected chi connectivity index (χ0v) is 15.2. The molecule has 27 heavy (non-hydrogen) atoms. The Bertz CT molecular complexity index is 1120. The van der Waals surface area contributed by atoms with Crippen molar-refractivity contribution in [2.75, 3.05) is 13.1 Å². The van der Waals surface area contributed by atoms with E-state index in [9.17, 15) is 8.42 Å². The lowest BCUT2D eigenvalue weighted by atomic mass is 10.1. The predicted molar refractivity (Wildman–Crippen MR) is 94.2 cm³/mol. The van der Waals surface area contributed by atoms with Crippen molar-refractivity contribution < 1.29 is 17.3 Å². The molecule has 1 aliphatic heterocycles. The molecule has 1 atom stereocenters. The molecule has 7 nitrogen and oxygen atoms in total. The van der Waals surface area contributed by atoms with Crippen molar-refractivity contribution in [3.63, 3.8) is 0 Å². The number of sulfonamides is 1. The number of nitrogens with zero attached hydrogens (tertiary/aromatic N) is 4. The second kappa shape index (κ2) is 5.80. The highest BCUT2D eigenvalue weighted by atomic mass is 32.2. The number of pyridine rings is 1. The quantitative estimate of drug-likeness (QED) is 0.683. The van der Waals surface area contributed by atoms with Gasteiger partial charge in [0.25, 0.3) is 5.89 Å². The van der Waals surface area contributed by atoms with E-state index in [0.717, 1.165) is 22.5 Å². The lowest BCUT2D eigenvalue weighted by Crippen LogP contribution is -2.32. The second-order valence-corrected chi connectivity index (χ2v) is 9.02. The first-order valence-corrected chi connectivity index (χ1v) is 10.3. The molecule has 2 fully saturated rings. The Morgan fingerprint density at radius 2 is 2.04 bits per heavy atom. The van der Waals surface area contributed by atoms with E-state index in [1.54, 1.807) is 30.5 Å². The molecular formula is C18H17FN4O3S. The maximum absolute atomic E-state index is 15.4. The van der Waals surface area contributed by atoms with E-state index < -0.39 is 15.7 Å². The standard InChI is InChI=1S/C18H17FN4O3S/c19-18(17-21-16(22-26-17)13-6-7-13)8-10-23(11-18)27(24,25)14-5-1-3-12-4-2-9-20-15(12)14/h1-5,9,13H,6-8,10-11H2. The first kappa shape index (κ1) is 16.8. The van der Waals surface area contributed by atoms with E-state index in [2.05, 4.69) is 15.1 Å². The average molecular weight is 388 g/mol. The minimum absolute atomic E-state index is 0.0171. The van der Waals surface area contributed by atoms with Crippen molar-refractivity contribution in [3.05, 3.63) is 48.2 Å². The summed E-state index contributed by atoms with van der Waals surface area (Å²) in [5.41, 5.74) is -1.59.